The molecule has 118 valence electrons. The van der Waals surface area contributed by atoms with E-state index in [4.69, 9.17) is 5.73 Å². The van der Waals surface area contributed by atoms with Gasteiger partial charge in [-0.2, -0.15) is 0 Å². The quantitative estimate of drug-likeness (QED) is 0.538. The number of aromatic nitrogens is 6. The Bertz CT molecular complexity index is 827. The molecule has 0 bridgehead atoms. The van der Waals surface area contributed by atoms with Crippen molar-refractivity contribution in [3.05, 3.63) is 48.6 Å². The van der Waals surface area contributed by atoms with Crippen LogP contribution in [0.2, 0.25) is 0 Å². The van der Waals surface area contributed by atoms with Crippen molar-refractivity contribution < 1.29 is 0 Å². The van der Waals surface area contributed by atoms with Gasteiger partial charge in [0.25, 0.3) is 0 Å². The minimum absolute atomic E-state index is 0.439. The summed E-state index contributed by atoms with van der Waals surface area (Å²) in [6.45, 7) is 2.58. The molecule has 7 nitrogen and oxygen atoms in total. The van der Waals surface area contributed by atoms with Gasteiger partial charge in [-0.1, -0.05) is 6.92 Å². The maximum Gasteiger partial charge on any atom is 0.121 e. The van der Waals surface area contributed by atoms with Crippen molar-refractivity contribution in [3.8, 4) is 0 Å². The molecule has 0 saturated heterocycles. The number of nitrogens with one attached hydrogen (secondary N) is 2. The smallest absolute Gasteiger partial charge is 0.121 e. The first-order valence-corrected chi connectivity index (χ1v) is 7.57. The molecule has 0 unspecified atom stereocenters. The molecule has 0 atom stereocenters. The monoisotopic (exact) mass is 309 g/mol. The molecule has 7 heteroatoms. The zero-order valence-electron chi connectivity index (χ0n) is 13.0. The highest BCUT2D eigenvalue weighted by Crippen LogP contribution is 2.09. The van der Waals surface area contributed by atoms with Gasteiger partial charge in [0.2, 0.25) is 0 Å². The molecule has 0 aliphatic heterocycles. The number of imidazole rings is 2. The van der Waals surface area contributed by atoms with Gasteiger partial charge in [-0.05, 0) is 18.6 Å². The first-order valence-electron chi connectivity index (χ1n) is 7.57. The molecule has 4 rings (SSSR count). The maximum absolute atomic E-state index is 5.40. The fraction of sp³-hybridized carbons (Fsp3) is 0.250. The van der Waals surface area contributed by atoms with Crippen molar-refractivity contribution in [1.29, 1.82) is 0 Å². The Morgan fingerprint density at radius 1 is 0.913 bits per heavy atom. The van der Waals surface area contributed by atoms with Gasteiger partial charge >= 0.3 is 0 Å². The van der Waals surface area contributed by atoms with Gasteiger partial charge in [0, 0.05) is 18.8 Å². The fourth-order valence-corrected chi connectivity index (χ4v) is 2.27. The van der Waals surface area contributed by atoms with Crippen LogP contribution in [0.4, 0.5) is 0 Å². The van der Waals surface area contributed by atoms with E-state index < -0.39 is 0 Å². The standard InChI is InChI=1S/C9H11N3.C7H8N4/c1-2-3-9-11-7-4-5-10-6-8(7)12-9;8-3-7-10-5-1-2-9-4-6(5)11-7/h4-6H,2-3H2,1H3,(H,11,12);1-2,4H,3,8H2,(H,10,11). The van der Waals surface area contributed by atoms with Crippen molar-refractivity contribution in [2.24, 2.45) is 5.73 Å². The number of hydrogen-bond acceptors (Lipinski definition) is 5. The van der Waals surface area contributed by atoms with E-state index in [1.807, 2.05) is 18.3 Å². The Labute approximate surface area is 133 Å². The number of fused-ring (bicyclic) bond motifs is 2. The van der Waals surface area contributed by atoms with E-state index in [9.17, 15) is 0 Å². The third-order valence-electron chi connectivity index (χ3n) is 3.35. The number of nitrogens with two attached hydrogens (primary N) is 1. The summed E-state index contributed by atoms with van der Waals surface area (Å²) < 4.78 is 0. The van der Waals surface area contributed by atoms with Crippen LogP contribution in [-0.2, 0) is 13.0 Å². The molecule has 4 aromatic rings. The van der Waals surface area contributed by atoms with E-state index in [0.717, 1.165) is 46.6 Å². The summed E-state index contributed by atoms with van der Waals surface area (Å²) in [5, 5.41) is 0. The minimum Gasteiger partial charge on any atom is -0.341 e. The third kappa shape index (κ3) is 3.51. The zero-order valence-corrected chi connectivity index (χ0v) is 13.0. The Kier molecular flexibility index (Phi) is 4.58. The maximum atomic E-state index is 5.40. The van der Waals surface area contributed by atoms with Crippen LogP contribution in [0.5, 0.6) is 0 Å². The lowest BCUT2D eigenvalue weighted by molar-refractivity contribution is 0.861. The van der Waals surface area contributed by atoms with E-state index in [0.29, 0.717) is 6.54 Å². The molecule has 0 aliphatic carbocycles. The van der Waals surface area contributed by atoms with Crippen LogP contribution >= 0.6 is 0 Å². The van der Waals surface area contributed by atoms with Crippen LogP contribution in [0.1, 0.15) is 25.0 Å². The number of H-pyrrole nitrogens is 2. The predicted molar refractivity (Wildman–Crippen MR) is 89.7 cm³/mol. The molecule has 0 radical (unpaired) electrons. The average molecular weight is 309 g/mol. The van der Waals surface area contributed by atoms with Gasteiger partial charge in [0.1, 0.15) is 11.6 Å². The summed E-state index contributed by atoms with van der Waals surface area (Å²) in [5.74, 6) is 1.86. The normalized spacial score (nSPS) is 10.7. The largest absolute Gasteiger partial charge is 0.341 e. The van der Waals surface area contributed by atoms with Gasteiger partial charge in [-0.15, -0.1) is 0 Å². The summed E-state index contributed by atoms with van der Waals surface area (Å²) in [6, 6.07) is 3.77. The Balaban J connectivity index is 0.000000136. The van der Waals surface area contributed by atoms with Gasteiger partial charge in [-0.3, -0.25) is 9.97 Å². The Hall–Kier alpha value is -2.80. The molecular weight excluding hydrogens is 290 g/mol. The van der Waals surface area contributed by atoms with Crippen molar-refractivity contribution in [3.63, 3.8) is 0 Å². The van der Waals surface area contributed by atoms with Crippen LogP contribution < -0.4 is 5.73 Å². The highest BCUT2D eigenvalue weighted by molar-refractivity contribution is 5.73. The van der Waals surface area contributed by atoms with Crippen LogP contribution in [-0.4, -0.2) is 29.9 Å². The van der Waals surface area contributed by atoms with Gasteiger partial charge < -0.3 is 15.7 Å². The SMILES string of the molecule is CCCc1nc2ccncc2[nH]1.NCc1nc2ccncc2[nH]1. The van der Waals surface area contributed by atoms with Crippen LogP contribution in [0.15, 0.2) is 36.9 Å². The van der Waals surface area contributed by atoms with Crippen LogP contribution in [0, 0.1) is 0 Å². The molecule has 23 heavy (non-hydrogen) atoms. The average Bonchev–Trinajstić information content (AvgIpc) is 3.18. The molecule has 0 aliphatic rings. The molecule has 0 fully saturated rings. The lowest BCUT2D eigenvalue weighted by Gasteiger charge is -1.86. The molecule has 0 amide bonds. The topological polar surface area (TPSA) is 109 Å². The summed E-state index contributed by atoms with van der Waals surface area (Å²) in [5.41, 5.74) is 9.29. The molecule has 4 heterocycles. The van der Waals surface area contributed by atoms with Crippen molar-refractivity contribution in [2.45, 2.75) is 26.3 Å². The highest BCUT2D eigenvalue weighted by Gasteiger charge is 2.00. The number of aryl methyl sites for hydroxylation is 1. The predicted octanol–water partition coefficient (Wildman–Crippen LogP) is 2.33. The van der Waals surface area contributed by atoms with Crippen molar-refractivity contribution in [1.82, 2.24) is 29.9 Å². The van der Waals surface area contributed by atoms with Crippen LogP contribution in [0.3, 0.4) is 0 Å². The second-order valence-corrected chi connectivity index (χ2v) is 5.11. The number of nitrogens with zero attached hydrogens (tertiary/aromatic N) is 4. The van der Waals surface area contributed by atoms with Gasteiger partial charge in [0.15, 0.2) is 0 Å². The van der Waals surface area contributed by atoms with Gasteiger partial charge in [-0.25, -0.2) is 9.97 Å². The highest BCUT2D eigenvalue weighted by atomic mass is 14.9. The number of hydrogen-bond donors (Lipinski definition) is 3. The molecule has 0 aromatic carbocycles. The number of aromatic amines is 2. The summed E-state index contributed by atoms with van der Waals surface area (Å²) in [4.78, 5) is 22.9. The molecular formula is C16H19N7. The molecule has 0 spiro atoms. The molecule has 0 saturated carbocycles. The minimum atomic E-state index is 0.439. The zero-order chi connectivity index (χ0) is 16.1. The van der Waals surface area contributed by atoms with E-state index in [1.54, 1.807) is 18.6 Å². The molecule has 4 N–H and O–H groups in total. The second-order valence-electron chi connectivity index (χ2n) is 5.11. The first-order chi connectivity index (χ1) is 11.3. The lowest BCUT2D eigenvalue weighted by atomic mass is 10.3. The summed E-state index contributed by atoms with van der Waals surface area (Å²) in [7, 11) is 0. The molecule has 4 aromatic heterocycles. The van der Waals surface area contributed by atoms with E-state index >= 15 is 0 Å². The lowest BCUT2D eigenvalue weighted by Crippen LogP contribution is -1.97. The fourth-order valence-electron chi connectivity index (χ4n) is 2.27. The van der Waals surface area contributed by atoms with E-state index in [-0.39, 0.29) is 0 Å². The Morgan fingerprint density at radius 3 is 2.00 bits per heavy atom. The van der Waals surface area contributed by atoms with E-state index in [2.05, 4.69) is 36.8 Å². The second kappa shape index (κ2) is 6.97. The summed E-state index contributed by atoms with van der Waals surface area (Å²) in [6.07, 6.45) is 9.15. The Morgan fingerprint density at radius 2 is 1.48 bits per heavy atom. The number of rotatable bonds is 3. The first kappa shape index (κ1) is 15.1. The third-order valence-corrected chi connectivity index (χ3v) is 3.35. The van der Waals surface area contributed by atoms with E-state index in [1.165, 1.54) is 0 Å². The van der Waals surface area contributed by atoms with Crippen LogP contribution in [0.25, 0.3) is 22.1 Å². The number of pyridine rings is 2. The van der Waals surface area contributed by atoms with Crippen molar-refractivity contribution >= 4 is 22.1 Å². The van der Waals surface area contributed by atoms with Crippen molar-refractivity contribution in [2.75, 3.05) is 0 Å². The summed E-state index contributed by atoms with van der Waals surface area (Å²) >= 11 is 0. The van der Waals surface area contributed by atoms with Gasteiger partial charge in [0.05, 0.1) is 41.0 Å².